The maximum absolute atomic E-state index is 13.2. The predicted molar refractivity (Wildman–Crippen MR) is 131 cm³/mol. The predicted octanol–water partition coefficient (Wildman–Crippen LogP) is 2.58. The van der Waals surface area contributed by atoms with Crippen molar-refractivity contribution < 1.29 is 22.7 Å². The number of ether oxygens (including phenoxy) is 1. The number of amides is 1. The molecule has 1 N–H and O–H groups in total. The van der Waals surface area contributed by atoms with Crippen LogP contribution in [0.5, 0.6) is 0 Å². The molecule has 2 aromatic rings. The Labute approximate surface area is 205 Å². The quantitative estimate of drug-likeness (QED) is 0.548. The number of piperazine rings is 1. The van der Waals surface area contributed by atoms with Gasteiger partial charge in [-0.05, 0) is 45.9 Å². The molecule has 0 unspecified atom stereocenters. The van der Waals surface area contributed by atoms with Gasteiger partial charge in [0.25, 0.3) is 0 Å². The fourth-order valence-electron chi connectivity index (χ4n) is 4.33. The third-order valence-electron chi connectivity index (χ3n) is 6.01. The average molecular weight is 511 g/mol. The second kappa shape index (κ2) is 10.8. The Bertz CT molecular complexity index is 1170. The number of aromatic nitrogens is 1. The number of nitrogens with zero attached hydrogens (tertiary/aromatic N) is 3. The van der Waals surface area contributed by atoms with Gasteiger partial charge in [0.2, 0.25) is 15.9 Å². The highest BCUT2D eigenvalue weighted by Gasteiger charge is 2.33. The standard InChI is InChI=1S/C23H31ClN4O5S/c1-5-28-16(3)21(23(30)33-6-2)22(17(28)4)34(31,32)25-15-20(29)27-12-10-26(11-13-27)19-9-7-8-18(24)14-19/h7-9,14,25H,5-6,10-13,15H2,1-4H3. The molecule has 0 saturated carbocycles. The first-order valence-electron chi connectivity index (χ1n) is 11.2. The van der Waals surface area contributed by atoms with Crippen LogP contribution in [-0.2, 0) is 26.1 Å². The summed E-state index contributed by atoms with van der Waals surface area (Å²) in [5.74, 6) is -1.02. The molecule has 0 radical (unpaired) electrons. The van der Waals surface area contributed by atoms with E-state index < -0.39 is 22.5 Å². The van der Waals surface area contributed by atoms with Gasteiger partial charge in [-0.3, -0.25) is 4.79 Å². The van der Waals surface area contributed by atoms with E-state index in [1.807, 2.05) is 31.2 Å². The van der Waals surface area contributed by atoms with E-state index in [1.165, 1.54) is 0 Å². The number of sulfonamides is 1. The van der Waals surface area contributed by atoms with E-state index in [-0.39, 0.29) is 23.0 Å². The van der Waals surface area contributed by atoms with Gasteiger partial charge >= 0.3 is 5.97 Å². The molecule has 9 nitrogen and oxygen atoms in total. The number of esters is 1. The lowest BCUT2D eigenvalue weighted by Crippen LogP contribution is -2.51. The second-order valence-electron chi connectivity index (χ2n) is 8.01. The summed E-state index contributed by atoms with van der Waals surface area (Å²) < 4.78 is 35.6. The summed E-state index contributed by atoms with van der Waals surface area (Å²) in [6.45, 7) is 9.24. The lowest BCUT2D eigenvalue weighted by molar-refractivity contribution is -0.130. The summed E-state index contributed by atoms with van der Waals surface area (Å²) in [7, 11) is -4.13. The van der Waals surface area contributed by atoms with E-state index in [1.54, 1.807) is 30.2 Å². The number of nitrogens with one attached hydrogen (secondary N) is 1. The van der Waals surface area contributed by atoms with Crippen molar-refractivity contribution >= 4 is 39.2 Å². The zero-order valence-electron chi connectivity index (χ0n) is 19.9. The van der Waals surface area contributed by atoms with Gasteiger partial charge in [0.15, 0.2) is 0 Å². The van der Waals surface area contributed by atoms with Crippen molar-refractivity contribution in [1.82, 2.24) is 14.2 Å². The van der Waals surface area contributed by atoms with Gasteiger partial charge in [-0.25, -0.2) is 17.9 Å². The highest BCUT2D eigenvalue weighted by molar-refractivity contribution is 7.89. The van der Waals surface area contributed by atoms with Crippen molar-refractivity contribution in [3.63, 3.8) is 0 Å². The van der Waals surface area contributed by atoms with Crippen LogP contribution in [0.15, 0.2) is 29.2 Å². The highest BCUT2D eigenvalue weighted by atomic mass is 35.5. The molecule has 0 aliphatic carbocycles. The van der Waals surface area contributed by atoms with E-state index in [4.69, 9.17) is 16.3 Å². The van der Waals surface area contributed by atoms with Crippen molar-refractivity contribution in [2.45, 2.75) is 39.1 Å². The number of anilines is 1. The maximum Gasteiger partial charge on any atom is 0.341 e. The minimum absolute atomic E-state index is 0.0104. The third kappa shape index (κ3) is 5.39. The first kappa shape index (κ1) is 26.1. The van der Waals surface area contributed by atoms with Crippen LogP contribution in [0.2, 0.25) is 5.02 Å². The van der Waals surface area contributed by atoms with E-state index in [2.05, 4.69) is 9.62 Å². The first-order chi connectivity index (χ1) is 16.1. The Hall–Kier alpha value is -2.56. The van der Waals surface area contributed by atoms with Crippen molar-refractivity contribution in [2.24, 2.45) is 0 Å². The van der Waals surface area contributed by atoms with Gasteiger partial charge in [0, 0.05) is 54.8 Å². The molecule has 2 heterocycles. The van der Waals surface area contributed by atoms with Gasteiger partial charge < -0.3 is 19.1 Å². The molecule has 186 valence electrons. The third-order valence-corrected chi connectivity index (χ3v) is 7.81. The topological polar surface area (TPSA) is 101 Å². The molecule has 1 aromatic carbocycles. The molecule has 1 aromatic heterocycles. The van der Waals surface area contributed by atoms with Crippen molar-refractivity contribution in [3.05, 3.63) is 46.2 Å². The van der Waals surface area contributed by atoms with Crippen LogP contribution in [0, 0.1) is 13.8 Å². The number of hydrogen-bond acceptors (Lipinski definition) is 6. The molecular formula is C23H31ClN4O5S. The van der Waals surface area contributed by atoms with Gasteiger partial charge in [0.1, 0.15) is 10.5 Å². The van der Waals surface area contributed by atoms with Crippen LogP contribution in [0.4, 0.5) is 5.69 Å². The van der Waals surface area contributed by atoms with Crippen molar-refractivity contribution in [2.75, 3.05) is 44.2 Å². The number of halogens is 1. The zero-order valence-corrected chi connectivity index (χ0v) is 21.5. The van der Waals surface area contributed by atoms with Crippen LogP contribution in [0.3, 0.4) is 0 Å². The summed E-state index contributed by atoms with van der Waals surface area (Å²) in [6.07, 6.45) is 0. The Balaban J connectivity index is 1.70. The number of rotatable bonds is 8. The fourth-order valence-corrected chi connectivity index (χ4v) is 5.97. The zero-order chi connectivity index (χ0) is 25.0. The number of carbonyl (C=O) groups excluding carboxylic acids is 2. The number of hydrogen-bond donors (Lipinski definition) is 1. The second-order valence-corrected chi connectivity index (χ2v) is 10.2. The smallest absolute Gasteiger partial charge is 0.341 e. The van der Waals surface area contributed by atoms with E-state index in [0.29, 0.717) is 49.1 Å². The van der Waals surface area contributed by atoms with Gasteiger partial charge in [0.05, 0.1) is 13.2 Å². The SMILES string of the molecule is CCOC(=O)c1c(S(=O)(=O)NCC(=O)N2CCN(c3cccc(Cl)c3)CC2)c(C)n(CC)c1C. The minimum atomic E-state index is -4.13. The fraction of sp³-hybridized carbons (Fsp3) is 0.478. The molecule has 0 spiro atoms. The number of carbonyl (C=O) groups is 2. The minimum Gasteiger partial charge on any atom is -0.462 e. The molecule has 34 heavy (non-hydrogen) atoms. The molecule has 0 atom stereocenters. The van der Waals surface area contributed by atoms with Crippen LogP contribution >= 0.6 is 11.6 Å². The molecule has 1 aliphatic heterocycles. The van der Waals surface area contributed by atoms with Crippen LogP contribution in [0.25, 0.3) is 0 Å². The summed E-state index contributed by atoms with van der Waals surface area (Å²) in [4.78, 5) is 28.9. The summed E-state index contributed by atoms with van der Waals surface area (Å²) in [5.41, 5.74) is 1.94. The lowest BCUT2D eigenvalue weighted by atomic mass is 10.2. The first-order valence-corrected chi connectivity index (χ1v) is 13.1. The van der Waals surface area contributed by atoms with Gasteiger partial charge in [-0.1, -0.05) is 17.7 Å². The normalized spacial score (nSPS) is 14.4. The molecule has 1 amide bonds. The van der Waals surface area contributed by atoms with Crippen LogP contribution < -0.4 is 9.62 Å². The Morgan fingerprint density at radius 2 is 1.76 bits per heavy atom. The lowest BCUT2D eigenvalue weighted by Gasteiger charge is -2.36. The molecule has 3 rings (SSSR count). The van der Waals surface area contributed by atoms with Gasteiger partial charge in [-0.15, -0.1) is 0 Å². The Morgan fingerprint density at radius 1 is 1.09 bits per heavy atom. The van der Waals surface area contributed by atoms with Crippen LogP contribution in [0.1, 0.15) is 35.6 Å². The molecule has 1 aliphatic rings. The van der Waals surface area contributed by atoms with E-state index in [0.717, 1.165) is 5.69 Å². The summed E-state index contributed by atoms with van der Waals surface area (Å²) >= 11 is 6.07. The summed E-state index contributed by atoms with van der Waals surface area (Å²) in [6, 6.07) is 7.53. The van der Waals surface area contributed by atoms with E-state index in [9.17, 15) is 18.0 Å². The average Bonchev–Trinajstić information content (AvgIpc) is 3.08. The Morgan fingerprint density at radius 3 is 2.35 bits per heavy atom. The Kier molecular flexibility index (Phi) is 8.27. The highest BCUT2D eigenvalue weighted by Crippen LogP contribution is 2.28. The molecule has 1 fully saturated rings. The van der Waals surface area contributed by atoms with Crippen molar-refractivity contribution in [1.29, 1.82) is 0 Å². The van der Waals surface area contributed by atoms with Gasteiger partial charge in [-0.2, -0.15) is 0 Å². The molecule has 1 saturated heterocycles. The van der Waals surface area contributed by atoms with Crippen LogP contribution in [-0.4, -0.2) is 69.1 Å². The van der Waals surface area contributed by atoms with E-state index >= 15 is 0 Å². The monoisotopic (exact) mass is 510 g/mol. The number of benzene rings is 1. The summed E-state index contributed by atoms with van der Waals surface area (Å²) in [5, 5.41) is 0.648. The molecule has 0 bridgehead atoms. The van der Waals surface area contributed by atoms with Crippen molar-refractivity contribution in [3.8, 4) is 0 Å². The molecule has 11 heteroatoms. The maximum atomic E-state index is 13.2. The largest absolute Gasteiger partial charge is 0.462 e. The molecular weight excluding hydrogens is 480 g/mol.